The molecule has 0 aliphatic heterocycles. The summed E-state index contributed by atoms with van der Waals surface area (Å²) in [6, 6.07) is 69.0. The third-order valence-corrected chi connectivity index (χ3v) is 9.71. The van der Waals surface area contributed by atoms with Gasteiger partial charge >= 0.3 is 0 Å². The minimum Gasteiger partial charge on any atom is -0.263 e. The van der Waals surface area contributed by atoms with Crippen molar-refractivity contribution in [2.75, 3.05) is 0 Å². The lowest BCUT2D eigenvalue weighted by Gasteiger charge is -2.13. The van der Waals surface area contributed by atoms with Crippen LogP contribution in [0.3, 0.4) is 0 Å². The zero-order chi connectivity index (χ0) is 34.7. The van der Waals surface area contributed by atoms with E-state index in [2.05, 4.69) is 193 Å². The van der Waals surface area contributed by atoms with Crippen LogP contribution in [-0.4, -0.2) is 9.97 Å². The number of aromatic nitrogens is 2. The Kier molecular flexibility index (Phi) is 8.24. The molecule has 0 saturated carbocycles. The van der Waals surface area contributed by atoms with Crippen LogP contribution < -0.4 is 0 Å². The SMILES string of the molecule is c1ccc(-c2cccc(-c3cccc(-c4cccc(-c5cccc(-c6cc7ccccc7c(-c7cncc(-c8ccccc8)c7)n6)c5)c4)c3)c2)cc1. The van der Waals surface area contributed by atoms with Crippen molar-refractivity contribution in [1.29, 1.82) is 0 Å². The van der Waals surface area contributed by atoms with E-state index in [1.807, 2.05) is 18.5 Å². The quantitative estimate of drug-likeness (QED) is 0.170. The Hall–Kier alpha value is -6.90. The van der Waals surface area contributed by atoms with E-state index in [4.69, 9.17) is 4.98 Å². The molecule has 0 N–H and O–H groups in total. The van der Waals surface area contributed by atoms with E-state index in [1.165, 1.54) is 33.4 Å². The molecule has 0 aliphatic carbocycles. The number of pyridine rings is 2. The van der Waals surface area contributed by atoms with Crippen LogP contribution in [0.15, 0.2) is 207 Å². The topological polar surface area (TPSA) is 25.8 Å². The van der Waals surface area contributed by atoms with Gasteiger partial charge in [0.25, 0.3) is 0 Å². The van der Waals surface area contributed by atoms with Crippen molar-refractivity contribution in [2.24, 2.45) is 0 Å². The van der Waals surface area contributed by atoms with E-state index >= 15 is 0 Å². The molecule has 0 saturated heterocycles. The van der Waals surface area contributed by atoms with Crippen molar-refractivity contribution in [3.63, 3.8) is 0 Å². The maximum Gasteiger partial charge on any atom is 0.0803 e. The number of rotatable bonds is 7. The predicted octanol–water partition coefficient (Wildman–Crippen LogP) is 13.3. The van der Waals surface area contributed by atoms with E-state index in [1.54, 1.807) is 0 Å². The van der Waals surface area contributed by atoms with Crippen LogP contribution >= 0.6 is 0 Å². The molecule has 0 radical (unpaired) electrons. The molecule has 2 heterocycles. The first kappa shape index (κ1) is 31.1. The Morgan fingerprint density at radius 2 is 0.654 bits per heavy atom. The highest BCUT2D eigenvalue weighted by atomic mass is 14.7. The molecule has 9 rings (SSSR count). The van der Waals surface area contributed by atoms with Crippen LogP contribution in [0.2, 0.25) is 0 Å². The summed E-state index contributed by atoms with van der Waals surface area (Å²) in [5.41, 5.74) is 15.7. The smallest absolute Gasteiger partial charge is 0.0803 e. The molecule has 2 aromatic heterocycles. The van der Waals surface area contributed by atoms with E-state index in [0.29, 0.717) is 0 Å². The summed E-state index contributed by atoms with van der Waals surface area (Å²) in [6.07, 6.45) is 3.84. The predicted molar refractivity (Wildman–Crippen MR) is 218 cm³/mol. The fourth-order valence-corrected chi connectivity index (χ4v) is 7.05. The molecule has 2 nitrogen and oxygen atoms in total. The fourth-order valence-electron chi connectivity index (χ4n) is 7.05. The zero-order valence-corrected chi connectivity index (χ0v) is 28.5. The normalized spacial score (nSPS) is 11.1. The van der Waals surface area contributed by atoms with Crippen molar-refractivity contribution in [3.8, 4) is 78.1 Å². The van der Waals surface area contributed by atoms with Gasteiger partial charge in [0, 0.05) is 34.5 Å². The van der Waals surface area contributed by atoms with Gasteiger partial charge in [0.2, 0.25) is 0 Å². The molecule has 9 aromatic rings. The number of fused-ring (bicyclic) bond motifs is 1. The third kappa shape index (κ3) is 6.30. The summed E-state index contributed by atoms with van der Waals surface area (Å²) in [7, 11) is 0. The highest BCUT2D eigenvalue weighted by molar-refractivity contribution is 5.97. The van der Waals surface area contributed by atoms with Gasteiger partial charge in [0.15, 0.2) is 0 Å². The van der Waals surface area contributed by atoms with Gasteiger partial charge in [-0.2, -0.15) is 0 Å². The molecular formula is C50H34N2. The molecule has 0 spiro atoms. The lowest BCUT2D eigenvalue weighted by atomic mass is 9.94. The first-order valence-electron chi connectivity index (χ1n) is 17.6. The summed E-state index contributed by atoms with van der Waals surface area (Å²) in [5.74, 6) is 0. The number of nitrogens with zero attached hydrogens (tertiary/aromatic N) is 2. The summed E-state index contributed by atoms with van der Waals surface area (Å²) in [6.45, 7) is 0. The van der Waals surface area contributed by atoms with E-state index in [9.17, 15) is 0 Å². The monoisotopic (exact) mass is 662 g/mol. The van der Waals surface area contributed by atoms with Crippen molar-refractivity contribution >= 4 is 10.8 Å². The largest absolute Gasteiger partial charge is 0.263 e. The van der Waals surface area contributed by atoms with Gasteiger partial charge in [-0.1, -0.05) is 158 Å². The number of hydrogen-bond donors (Lipinski definition) is 0. The van der Waals surface area contributed by atoms with Crippen LogP contribution in [0.25, 0.3) is 88.9 Å². The number of hydrogen-bond acceptors (Lipinski definition) is 2. The van der Waals surface area contributed by atoms with Gasteiger partial charge in [-0.05, 0) is 91.9 Å². The lowest BCUT2D eigenvalue weighted by molar-refractivity contribution is 1.29. The maximum absolute atomic E-state index is 5.30. The first-order chi connectivity index (χ1) is 25.7. The molecule has 0 fully saturated rings. The fraction of sp³-hybridized carbons (Fsp3) is 0. The second-order valence-corrected chi connectivity index (χ2v) is 13.1. The van der Waals surface area contributed by atoms with Crippen LogP contribution in [-0.2, 0) is 0 Å². The molecule has 0 unspecified atom stereocenters. The Morgan fingerprint density at radius 3 is 1.21 bits per heavy atom. The Labute approximate surface area is 304 Å². The summed E-state index contributed by atoms with van der Waals surface area (Å²) in [5, 5.41) is 2.25. The second-order valence-electron chi connectivity index (χ2n) is 13.1. The van der Waals surface area contributed by atoms with Crippen LogP contribution in [0.1, 0.15) is 0 Å². The second kappa shape index (κ2) is 13.8. The van der Waals surface area contributed by atoms with Crippen LogP contribution in [0, 0.1) is 0 Å². The van der Waals surface area contributed by atoms with Crippen molar-refractivity contribution in [2.45, 2.75) is 0 Å². The lowest BCUT2D eigenvalue weighted by Crippen LogP contribution is -1.93. The van der Waals surface area contributed by atoms with Crippen molar-refractivity contribution < 1.29 is 0 Å². The minimum atomic E-state index is 0.931. The molecule has 52 heavy (non-hydrogen) atoms. The minimum absolute atomic E-state index is 0.931. The number of benzene rings is 7. The first-order valence-corrected chi connectivity index (χ1v) is 17.6. The average Bonchev–Trinajstić information content (AvgIpc) is 3.24. The molecule has 244 valence electrons. The third-order valence-electron chi connectivity index (χ3n) is 9.71. The molecule has 0 atom stereocenters. The van der Waals surface area contributed by atoms with Gasteiger partial charge in [0.05, 0.1) is 11.4 Å². The zero-order valence-electron chi connectivity index (χ0n) is 28.5. The van der Waals surface area contributed by atoms with Crippen LogP contribution in [0.4, 0.5) is 0 Å². The molecule has 0 amide bonds. The van der Waals surface area contributed by atoms with Gasteiger partial charge in [-0.3, -0.25) is 4.98 Å². The Morgan fingerprint density at radius 1 is 0.269 bits per heavy atom. The average molecular weight is 663 g/mol. The summed E-state index contributed by atoms with van der Waals surface area (Å²) in [4.78, 5) is 9.93. The maximum atomic E-state index is 5.30. The molecule has 0 bridgehead atoms. The molecule has 0 aliphatic rings. The summed E-state index contributed by atoms with van der Waals surface area (Å²) < 4.78 is 0. The van der Waals surface area contributed by atoms with Gasteiger partial charge in [0.1, 0.15) is 0 Å². The summed E-state index contributed by atoms with van der Waals surface area (Å²) >= 11 is 0. The van der Waals surface area contributed by atoms with E-state index < -0.39 is 0 Å². The Bertz CT molecular complexity index is 2680. The van der Waals surface area contributed by atoms with Gasteiger partial charge in [-0.15, -0.1) is 0 Å². The van der Waals surface area contributed by atoms with Crippen molar-refractivity contribution in [3.05, 3.63) is 207 Å². The highest BCUT2D eigenvalue weighted by Crippen LogP contribution is 2.36. The van der Waals surface area contributed by atoms with Crippen LogP contribution in [0.5, 0.6) is 0 Å². The van der Waals surface area contributed by atoms with Gasteiger partial charge in [-0.25, -0.2) is 4.98 Å². The highest BCUT2D eigenvalue weighted by Gasteiger charge is 2.13. The van der Waals surface area contributed by atoms with E-state index in [0.717, 1.165) is 55.5 Å². The molecule has 2 heteroatoms. The Balaban J connectivity index is 1.06. The molecular weight excluding hydrogens is 629 g/mol. The molecule has 7 aromatic carbocycles. The van der Waals surface area contributed by atoms with Crippen molar-refractivity contribution in [1.82, 2.24) is 9.97 Å². The van der Waals surface area contributed by atoms with E-state index in [-0.39, 0.29) is 0 Å². The standard InChI is InChI=1S/C50H34N2/c1-3-13-35(14-4-1)37-18-9-19-38(27-37)39-20-10-21-40(28-39)41-22-11-23-42(29-41)43-24-12-25-45(30-43)49-32-44-17-7-8-26-48(44)50(52-49)47-31-46(33-51-34-47)36-15-5-2-6-16-36/h1-34H. The van der Waals surface area contributed by atoms with Gasteiger partial charge < -0.3 is 0 Å².